The minimum absolute atomic E-state index is 0.126. The van der Waals surface area contributed by atoms with Crippen molar-refractivity contribution in [2.45, 2.75) is 59.3 Å². The van der Waals surface area contributed by atoms with E-state index in [-0.39, 0.29) is 5.97 Å². The van der Waals surface area contributed by atoms with E-state index in [0.29, 0.717) is 11.8 Å². The van der Waals surface area contributed by atoms with Gasteiger partial charge in [0.15, 0.2) is 0 Å². The summed E-state index contributed by atoms with van der Waals surface area (Å²) in [5.41, 5.74) is 0.459. The number of carbonyl (C=O) groups excluding carboxylic acids is 1. The van der Waals surface area contributed by atoms with Crippen LogP contribution in [0.25, 0.3) is 0 Å². The van der Waals surface area contributed by atoms with Crippen LogP contribution in [0, 0.1) is 5.41 Å². The maximum absolute atomic E-state index is 11.3. The first-order chi connectivity index (χ1) is 10.0. The van der Waals surface area contributed by atoms with Crippen molar-refractivity contribution < 1.29 is 14.3 Å². The van der Waals surface area contributed by atoms with Crippen molar-refractivity contribution in [1.29, 1.82) is 0 Å². The highest BCUT2D eigenvalue weighted by molar-refractivity contribution is 5.69. The van der Waals surface area contributed by atoms with Gasteiger partial charge in [-0.1, -0.05) is 33.6 Å². The topological polar surface area (TPSA) is 38.8 Å². The zero-order valence-corrected chi connectivity index (χ0v) is 14.7. The molecule has 0 fully saturated rings. The highest BCUT2D eigenvalue weighted by Gasteiger charge is 2.19. The van der Waals surface area contributed by atoms with E-state index in [9.17, 15) is 4.79 Å². The zero-order chi connectivity index (χ0) is 16.1. The Balaban J connectivity index is 4.16. The van der Waals surface area contributed by atoms with Crippen LogP contribution < -0.4 is 0 Å². The standard InChI is InChI=1S/C17H35NO3/c1-6-17(3,7-2)11-8-12-18(13-9-15-20-4)14-10-16(19)21-5/h6-15H2,1-5H3. The molecule has 0 aromatic heterocycles. The van der Waals surface area contributed by atoms with Crippen LogP contribution in [0.1, 0.15) is 59.3 Å². The fourth-order valence-corrected chi connectivity index (χ4v) is 2.45. The summed E-state index contributed by atoms with van der Waals surface area (Å²) in [5, 5.41) is 0. The summed E-state index contributed by atoms with van der Waals surface area (Å²) in [6.07, 6.45) is 6.38. The molecule has 0 aliphatic rings. The lowest BCUT2D eigenvalue weighted by atomic mass is 9.80. The molecule has 4 nitrogen and oxygen atoms in total. The van der Waals surface area contributed by atoms with Crippen LogP contribution in [0.4, 0.5) is 0 Å². The van der Waals surface area contributed by atoms with Crippen molar-refractivity contribution >= 4 is 5.97 Å². The lowest BCUT2D eigenvalue weighted by Gasteiger charge is -2.28. The van der Waals surface area contributed by atoms with Gasteiger partial charge in [-0.3, -0.25) is 4.79 Å². The van der Waals surface area contributed by atoms with E-state index in [1.54, 1.807) is 7.11 Å². The van der Waals surface area contributed by atoms with Gasteiger partial charge in [0, 0.05) is 26.8 Å². The molecule has 21 heavy (non-hydrogen) atoms. The average molecular weight is 301 g/mol. The lowest BCUT2D eigenvalue weighted by molar-refractivity contribution is -0.141. The third-order valence-corrected chi connectivity index (χ3v) is 4.64. The Labute approximate surface area is 131 Å². The van der Waals surface area contributed by atoms with E-state index in [4.69, 9.17) is 9.47 Å². The summed E-state index contributed by atoms with van der Waals surface area (Å²) in [7, 11) is 3.18. The molecule has 0 bridgehead atoms. The van der Waals surface area contributed by atoms with E-state index >= 15 is 0 Å². The van der Waals surface area contributed by atoms with Crippen LogP contribution in [0.2, 0.25) is 0 Å². The molecule has 0 aromatic rings. The van der Waals surface area contributed by atoms with Crippen molar-refractivity contribution in [3.63, 3.8) is 0 Å². The largest absolute Gasteiger partial charge is 0.469 e. The van der Waals surface area contributed by atoms with Crippen LogP contribution in [0.15, 0.2) is 0 Å². The Kier molecular flexibility index (Phi) is 11.6. The second-order valence-corrected chi connectivity index (χ2v) is 6.14. The smallest absolute Gasteiger partial charge is 0.306 e. The zero-order valence-electron chi connectivity index (χ0n) is 14.7. The van der Waals surface area contributed by atoms with Crippen LogP contribution in [0.5, 0.6) is 0 Å². The van der Waals surface area contributed by atoms with E-state index < -0.39 is 0 Å². The second-order valence-electron chi connectivity index (χ2n) is 6.14. The number of rotatable bonds is 13. The highest BCUT2D eigenvalue weighted by atomic mass is 16.5. The van der Waals surface area contributed by atoms with Gasteiger partial charge in [-0.2, -0.15) is 0 Å². The Hall–Kier alpha value is -0.610. The van der Waals surface area contributed by atoms with Crippen molar-refractivity contribution in [3.8, 4) is 0 Å². The first-order valence-electron chi connectivity index (χ1n) is 8.29. The molecular formula is C17H35NO3. The SMILES string of the molecule is CCC(C)(CC)CCCN(CCCOC)CCC(=O)OC. The Bertz CT molecular complexity index is 265. The van der Waals surface area contributed by atoms with Gasteiger partial charge in [0.1, 0.15) is 0 Å². The minimum Gasteiger partial charge on any atom is -0.469 e. The Morgan fingerprint density at radius 2 is 1.67 bits per heavy atom. The van der Waals surface area contributed by atoms with Gasteiger partial charge in [0.2, 0.25) is 0 Å². The molecule has 0 aliphatic carbocycles. The maximum Gasteiger partial charge on any atom is 0.306 e. The first kappa shape index (κ1) is 20.4. The summed E-state index contributed by atoms with van der Waals surface area (Å²) >= 11 is 0. The lowest BCUT2D eigenvalue weighted by Crippen LogP contribution is -2.30. The van der Waals surface area contributed by atoms with Crippen LogP contribution >= 0.6 is 0 Å². The molecule has 4 heteroatoms. The molecule has 0 rings (SSSR count). The predicted octanol–water partition coefficient (Wildman–Crippen LogP) is 3.49. The number of methoxy groups -OCH3 is 2. The van der Waals surface area contributed by atoms with Crippen molar-refractivity contribution in [2.75, 3.05) is 40.5 Å². The van der Waals surface area contributed by atoms with Crippen LogP contribution in [-0.2, 0) is 14.3 Å². The monoisotopic (exact) mass is 301 g/mol. The minimum atomic E-state index is -0.126. The van der Waals surface area contributed by atoms with E-state index in [1.165, 1.54) is 32.8 Å². The molecule has 126 valence electrons. The summed E-state index contributed by atoms with van der Waals surface area (Å²) in [6, 6.07) is 0. The molecule has 0 spiro atoms. The molecule has 0 aromatic carbocycles. The van der Waals surface area contributed by atoms with Gasteiger partial charge < -0.3 is 14.4 Å². The fourth-order valence-electron chi connectivity index (χ4n) is 2.45. The van der Waals surface area contributed by atoms with Gasteiger partial charge >= 0.3 is 5.97 Å². The van der Waals surface area contributed by atoms with Crippen LogP contribution in [0.3, 0.4) is 0 Å². The molecule has 0 atom stereocenters. The summed E-state index contributed by atoms with van der Waals surface area (Å²) < 4.78 is 9.84. The molecule has 0 saturated carbocycles. The maximum atomic E-state index is 11.3. The quantitative estimate of drug-likeness (QED) is 0.385. The molecule has 0 N–H and O–H groups in total. The molecule has 0 amide bonds. The highest BCUT2D eigenvalue weighted by Crippen LogP contribution is 2.30. The Morgan fingerprint density at radius 1 is 1.05 bits per heavy atom. The van der Waals surface area contributed by atoms with Gasteiger partial charge in [-0.15, -0.1) is 0 Å². The number of esters is 1. The number of hydrogen-bond acceptors (Lipinski definition) is 4. The third-order valence-electron chi connectivity index (χ3n) is 4.64. The van der Waals surface area contributed by atoms with Gasteiger partial charge in [-0.25, -0.2) is 0 Å². The van der Waals surface area contributed by atoms with Crippen molar-refractivity contribution in [1.82, 2.24) is 4.90 Å². The van der Waals surface area contributed by atoms with Gasteiger partial charge in [0.05, 0.1) is 13.5 Å². The fraction of sp³-hybridized carbons (Fsp3) is 0.941. The van der Waals surface area contributed by atoms with Gasteiger partial charge in [0.25, 0.3) is 0 Å². The molecule has 0 radical (unpaired) electrons. The molecule has 0 heterocycles. The summed E-state index contributed by atoms with van der Waals surface area (Å²) in [6.45, 7) is 10.5. The Morgan fingerprint density at radius 3 is 2.19 bits per heavy atom. The normalized spacial score (nSPS) is 11.9. The second kappa shape index (κ2) is 12.0. The van der Waals surface area contributed by atoms with E-state index in [0.717, 1.165) is 32.7 Å². The molecule has 0 saturated heterocycles. The number of hydrogen-bond donors (Lipinski definition) is 0. The predicted molar refractivity (Wildman–Crippen MR) is 87.5 cm³/mol. The third kappa shape index (κ3) is 9.86. The van der Waals surface area contributed by atoms with Crippen LogP contribution in [-0.4, -0.2) is 51.3 Å². The van der Waals surface area contributed by atoms with Crippen molar-refractivity contribution in [3.05, 3.63) is 0 Å². The molecular weight excluding hydrogens is 266 g/mol. The number of ether oxygens (including phenoxy) is 2. The average Bonchev–Trinajstić information content (AvgIpc) is 2.51. The van der Waals surface area contributed by atoms with Gasteiger partial charge in [-0.05, 0) is 31.2 Å². The first-order valence-corrected chi connectivity index (χ1v) is 8.29. The van der Waals surface area contributed by atoms with E-state index in [1.807, 2.05) is 0 Å². The molecule has 0 unspecified atom stereocenters. The summed E-state index contributed by atoms with van der Waals surface area (Å²) in [4.78, 5) is 13.7. The van der Waals surface area contributed by atoms with Crippen molar-refractivity contribution in [2.24, 2.45) is 5.41 Å². The molecule has 0 aliphatic heterocycles. The van der Waals surface area contributed by atoms with E-state index in [2.05, 4.69) is 25.7 Å². The number of nitrogens with zero attached hydrogens (tertiary/aromatic N) is 1. The summed E-state index contributed by atoms with van der Waals surface area (Å²) in [5.74, 6) is -0.126. The number of carbonyl (C=O) groups is 1.